The predicted octanol–water partition coefficient (Wildman–Crippen LogP) is 2.76. The van der Waals surface area contributed by atoms with Crippen LogP contribution in [0.5, 0.6) is 0 Å². The Hall–Kier alpha value is -1.39. The van der Waals surface area contributed by atoms with Crippen molar-refractivity contribution < 1.29 is 9.59 Å². The highest BCUT2D eigenvalue weighted by atomic mass is 35.5. The zero-order valence-corrected chi connectivity index (χ0v) is 13.8. The van der Waals surface area contributed by atoms with Crippen LogP contribution in [0.1, 0.15) is 37.0 Å². The van der Waals surface area contributed by atoms with Crippen LogP contribution in [0.15, 0.2) is 24.3 Å². The average Bonchev–Trinajstić information content (AvgIpc) is 2.43. The number of amides is 1. The molecule has 0 aliphatic rings. The highest BCUT2D eigenvalue weighted by Gasteiger charge is 2.21. The second-order valence-electron chi connectivity index (χ2n) is 5.89. The molecule has 4 nitrogen and oxygen atoms in total. The lowest BCUT2D eigenvalue weighted by molar-refractivity contribution is -0.121. The lowest BCUT2D eigenvalue weighted by Gasteiger charge is -2.32. The van der Waals surface area contributed by atoms with Crippen molar-refractivity contribution in [3.8, 4) is 0 Å². The Morgan fingerprint density at radius 1 is 1.19 bits per heavy atom. The SMILES string of the molecule is CN(C)C(C)(C)CNC(=O)CCC(=O)c1ccccc1Cl. The molecule has 1 aromatic carbocycles. The molecule has 1 aromatic rings. The Kier molecular flexibility index (Phi) is 6.37. The monoisotopic (exact) mass is 310 g/mol. The number of rotatable bonds is 7. The molecule has 0 saturated carbocycles. The smallest absolute Gasteiger partial charge is 0.220 e. The van der Waals surface area contributed by atoms with Crippen molar-refractivity contribution in [2.45, 2.75) is 32.2 Å². The van der Waals surface area contributed by atoms with E-state index in [-0.39, 0.29) is 30.1 Å². The van der Waals surface area contributed by atoms with E-state index >= 15 is 0 Å². The zero-order valence-electron chi connectivity index (χ0n) is 13.1. The fourth-order valence-corrected chi connectivity index (χ4v) is 1.85. The molecule has 1 N–H and O–H groups in total. The van der Waals surface area contributed by atoms with Crippen LogP contribution in [0, 0.1) is 0 Å². The summed E-state index contributed by atoms with van der Waals surface area (Å²) >= 11 is 5.96. The van der Waals surface area contributed by atoms with E-state index in [1.165, 1.54) is 0 Å². The van der Waals surface area contributed by atoms with Crippen LogP contribution in [0.2, 0.25) is 5.02 Å². The van der Waals surface area contributed by atoms with Gasteiger partial charge in [0.25, 0.3) is 0 Å². The van der Waals surface area contributed by atoms with E-state index in [4.69, 9.17) is 11.6 Å². The molecule has 0 atom stereocenters. The Morgan fingerprint density at radius 2 is 1.81 bits per heavy atom. The van der Waals surface area contributed by atoms with E-state index in [1.54, 1.807) is 24.3 Å². The Labute approximate surface area is 131 Å². The third kappa shape index (κ3) is 5.48. The van der Waals surface area contributed by atoms with Crippen molar-refractivity contribution in [3.05, 3.63) is 34.9 Å². The highest BCUT2D eigenvalue weighted by Crippen LogP contribution is 2.17. The molecular formula is C16H23ClN2O2. The fraction of sp³-hybridized carbons (Fsp3) is 0.500. The molecule has 0 radical (unpaired) electrons. The Bertz CT molecular complexity index is 513. The van der Waals surface area contributed by atoms with Gasteiger partial charge in [0.1, 0.15) is 0 Å². The van der Waals surface area contributed by atoms with Gasteiger partial charge >= 0.3 is 0 Å². The third-order valence-corrected chi connectivity index (χ3v) is 4.01. The van der Waals surface area contributed by atoms with E-state index in [0.717, 1.165) is 0 Å². The first-order valence-electron chi connectivity index (χ1n) is 6.96. The quantitative estimate of drug-likeness (QED) is 0.788. The molecule has 0 bridgehead atoms. The van der Waals surface area contributed by atoms with Crippen LogP contribution >= 0.6 is 11.6 Å². The second-order valence-corrected chi connectivity index (χ2v) is 6.29. The summed E-state index contributed by atoms with van der Waals surface area (Å²) in [5.41, 5.74) is 0.350. The summed E-state index contributed by atoms with van der Waals surface area (Å²) in [6, 6.07) is 6.89. The predicted molar refractivity (Wildman–Crippen MR) is 85.8 cm³/mol. The molecule has 0 unspecified atom stereocenters. The number of carbonyl (C=O) groups is 2. The maximum Gasteiger partial charge on any atom is 0.220 e. The summed E-state index contributed by atoms with van der Waals surface area (Å²) in [5, 5.41) is 3.29. The van der Waals surface area contributed by atoms with Gasteiger partial charge in [-0.15, -0.1) is 0 Å². The number of benzene rings is 1. The Balaban J connectivity index is 2.44. The minimum absolute atomic E-state index is 0.109. The highest BCUT2D eigenvalue weighted by molar-refractivity contribution is 6.34. The van der Waals surface area contributed by atoms with E-state index in [1.807, 2.05) is 32.8 Å². The average molecular weight is 311 g/mol. The lowest BCUT2D eigenvalue weighted by atomic mass is 10.0. The number of carbonyl (C=O) groups excluding carboxylic acids is 2. The molecule has 0 spiro atoms. The minimum Gasteiger partial charge on any atom is -0.354 e. The summed E-state index contributed by atoms with van der Waals surface area (Å²) < 4.78 is 0. The molecule has 1 amide bonds. The van der Waals surface area contributed by atoms with Gasteiger partial charge in [0.15, 0.2) is 5.78 Å². The number of nitrogens with zero attached hydrogens (tertiary/aromatic N) is 1. The van der Waals surface area contributed by atoms with Crippen LogP contribution in [-0.4, -0.2) is 42.8 Å². The first-order chi connectivity index (χ1) is 9.74. The zero-order chi connectivity index (χ0) is 16.0. The summed E-state index contributed by atoms with van der Waals surface area (Å²) in [4.78, 5) is 25.9. The van der Waals surface area contributed by atoms with Gasteiger partial charge in [0.2, 0.25) is 5.91 Å². The van der Waals surface area contributed by atoms with Gasteiger partial charge in [0, 0.05) is 30.5 Å². The fourth-order valence-electron chi connectivity index (χ4n) is 1.61. The second kappa shape index (κ2) is 7.57. The van der Waals surface area contributed by atoms with Gasteiger partial charge in [-0.25, -0.2) is 0 Å². The largest absolute Gasteiger partial charge is 0.354 e. The molecule has 116 valence electrons. The topological polar surface area (TPSA) is 49.4 Å². The summed E-state index contributed by atoms with van der Waals surface area (Å²) in [5.74, 6) is -0.229. The summed E-state index contributed by atoms with van der Waals surface area (Å²) in [7, 11) is 3.93. The molecule has 0 aromatic heterocycles. The molecule has 0 saturated heterocycles. The molecular weight excluding hydrogens is 288 g/mol. The molecule has 5 heteroatoms. The normalized spacial score (nSPS) is 11.5. The van der Waals surface area contributed by atoms with Gasteiger partial charge in [-0.1, -0.05) is 23.7 Å². The number of halogens is 1. The van der Waals surface area contributed by atoms with Gasteiger partial charge < -0.3 is 10.2 Å². The maximum absolute atomic E-state index is 12.0. The van der Waals surface area contributed by atoms with E-state index < -0.39 is 0 Å². The van der Waals surface area contributed by atoms with Crippen molar-refractivity contribution in [1.82, 2.24) is 10.2 Å². The molecule has 0 fully saturated rings. The minimum atomic E-state index is -0.123. The first-order valence-corrected chi connectivity index (χ1v) is 7.33. The van der Waals surface area contributed by atoms with Gasteiger partial charge in [-0.3, -0.25) is 9.59 Å². The summed E-state index contributed by atoms with van der Waals surface area (Å²) in [6.45, 7) is 4.63. The first kappa shape index (κ1) is 17.7. The van der Waals surface area contributed by atoms with Crippen LogP contribution < -0.4 is 5.32 Å². The number of Topliss-reactive ketones (excluding diaryl/α,β-unsaturated/α-hetero) is 1. The van der Waals surface area contributed by atoms with Gasteiger partial charge in [-0.05, 0) is 40.1 Å². The van der Waals surface area contributed by atoms with E-state index in [9.17, 15) is 9.59 Å². The van der Waals surface area contributed by atoms with Gasteiger partial charge in [0.05, 0.1) is 5.02 Å². The third-order valence-electron chi connectivity index (χ3n) is 3.68. The van der Waals surface area contributed by atoms with Crippen molar-refractivity contribution in [2.24, 2.45) is 0 Å². The standard InChI is InChI=1S/C16H23ClN2O2/c1-16(2,19(3)4)11-18-15(21)10-9-14(20)12-7-5-6-8-13(12)17/h5-8H,9-11H2,1-4H3,(H,18,21). The van der Waals surface area contributed by atoms with Crippen molar-refractivity contribution in [2.75, 3.05) is 20.6 Å². The van der Waals surface area contributed by atoms with Crippen molar-refractivity contribution >= 4 is 23.3 Å². The van der Waals surface area contributed by atoms with Crippen LogP contribution in [0.4, 0.5) is 0 Å². The van der Waals surface area contributed by atoms with Crippen LogP contribution in [-0.2, 0) is 4.79 Å². The Morgan fingerprint density at radius 3 is 2.38 bits per heavy atom. The number of hydrogen-bond acceptors (Lipinski definition) is 3. The van der Waals surface area contributed by atoms with Gasteiger partial charge in [-0.2, -0.15) is 0 Å². The molecule has 0 heterocycles. The number of likely N-dealkylation sites (N-methyl/N-ethyl adjacent to an activating group) is 1. The lowest BCUT2D eigenvalue weighted by Crippen LogP contribution is -2.48. The number of nitrogens with one attached hydrogen (secondary N) is 1. The molecule has 1 rings (SSSR count). The maximum atomic E-state index is 12.0. The molecule has 0 aliphatic carbocycles. The molecule has 0 aliphatic heterocycles. The number of hydrogen-bond donors (Lipinski definition) is 1. The van der Waals surface area contributed by atoms with Crippen LogP contribution in [0.3, 0.4) is 0 Å². The van der Waals surface area contributed by atoms with Crippen LogP contribution in [0.25, 0.3) is 0 Å². The molecule has 21 heavy (non-hydrogen) atoms. The summed E-state index contributed by atoms with van der Waals surface area (Å²) in [6.07, 6.45) is 0.339. The van der Waals surface area contributed by atoms with E-state index in [2.05, 4.69) is 5.32 Å². The number of ketones is 1. The van der Waals surface area contributed by atoms with E-state index in [0.29, 0.717) is 17.1 Å². The van der Waals surface area contributed by atoms with Crippen molar-refractivity contribution in [3.63, 3.8) is 0 Å². The van der Waals surface area contributed by atoms with Crippen molar-refractivity contribution in [1.29, 1.82) is 0 Å².